The van der Waals surface area contributed by atoms with E-state index in [0.29, 0.717) is 5.82 Å². The molecule has 11 aromatic rings. The summed E-state index contributed by atoms with van der Waals surface area (Å²) < 4.78 is 6.32. The van der Waals surface area contributed by atoms with Crippen LogP contribution in [0.15, 0.2) is 211 Å². The minimum Gasteiger partial charge on any atom is -0.456 e. The van der Waals surface area contributed by atoms with E-state index in [1.54, 1.807) is 0 Å². The molecule has 0 unspecified atom stereocenters. The third kappa shape index (κ3) is 4.54. The maximum absolute atomic E-state index is 6.32. The minimum atomic E-state index is -0.409. The van der Waals surface area contributed by atoms with E-state index in [-0.39, 0.29) is 0 Å². The van der Waals surface area contributed by atoms with Gasteiger partial charge in [0.2, 0.25) is 0 Å². The number of nitrogens with zero attached hydrogens (tertiary/aromatic N) is 2. The van der Waals surface area contributed by atoms with Crippen LogP contribution in [0.25, 0.3) is 100.0 Å². The maximum atomic E-state index is 6.32. The van der Waals surface area contributed by atoms with Gasteiger partial charge in [-0.2, -0.15) is 0 Å². The van der Waals surface area contributed by atoms with Crippen LogP contribution in [0, 0.1) is 0 Å². The highest BCUT2D eigenvalue weighted by atomic mass is 16.3. The highest BCUT2D eigenvalue weighted by Gasteiger charge is 2.51. The normalized spacial score (nSPS) is 13.1. The Kier molecular flexibility index (Phi) is 6.93. The van der Waals surface area contributed by atoms with E-state index in [1.165, 1.54) is 55.6 Å². The molecular weight excluding hydrogens is 729 g/mol. The van der Waals surface area contributed by atoms with Crippen molar-refractivity contribution in [2.24, 2.45) is 0 Å². The van der Waals surface area contributed by atoms with Crippen molar-refractivity contribution in [2.45, 2.75) is 5.41 Å². The lowest BCUT2D eigenvalue weighted by atomic mass is 9.70. The van der Waals surface area contributed by atoms with Crippen LogP contribution in [0.4, 0.5) is 0 Å². The quantitative estimate of drug-likeness (QED) is 0.179. The molecule has 2 heterocycles. The molecule has 60 heavy (non-hydrogen) atoms. The molecule has 9 aromatic carbocycles. The number of rotatable bonds is 4. The zero-order valence-corrected chi connectivity index (χ0v) is 32.4. The predicted molar refractivity (Wildman–Crippen MR) is 245 cm³/mol. The van der Waals surface area contributed by atoms with Gasteiger partial charge in [0.25, 0.3) is 0 Å². The van der Waals surface area contributed by atoms with E-state index in [9.17, 15) is 0 Å². The second kappa shape index (κ2) is 12.6. The van der Waals surface area contributed by atoms with Gasteiger partial charge >= 0.3 is 0 Å². The van der Waals surface area contributed by atoms with Crippen LogP contribution < -0.4 is 0 Å². The first kappa shape index (κ1) is 33.1. The molecule has 0 saturated carbocycles. The van der Waals surface area contributed by atoms with Crippen LogP contribution in [0.1, 0.15) is 22.3 Å². The van der Waals surface area contributed by atoms with Crippen molar-refractivity contribution >= 4 is 32.8 Å². The Balaban J connectivity index is 1.05. The summed E-state index contributed by atoms with van der Waals surface area (Å²) in [7, 11) is 0. The smallest absolute Gasteiger partial charge is 0.161 e. The lowest BCUT2D eigenvalue weighted by molar-refractivity contribution is 0.669. The molecule has 0 atom stereocenters. The van der Waals surface area contributed by atoms with Gasteiger partial charge in [-0.3, -0.25) is 0 Å². The van der Waals surface area contributed by atoms with Gasteiger partial charge in [-0.05, 0) is 91.0 Å². The van der Waals surface area contributed by atoms with Gasteiger partial charge < -0.3 is 4.42 Å². The molecule has 278 valence electrons. The monoisotopic (exact) mass is 762 g/mol. The van der Waals surface area contributed by atoms with Crippen LogP contribution in [-0.2, 0) is 5.41 Å². The molecule has 0 bridgehead atoms. The average Bonchev–Trinajstić information content (AvgIpc) is 3.96. The van der Waals surface area contributed by atoms with Crippen molar-refractivity contribution in [3.05, 3.63) is 229 Å². The van der Waals surface area contributed by atoms with Crippen molar-refractivity contribution in [3.8, 4) is 67.2 Å². The number of hydrogen-bond donors (Lipinski definition) is 0. The van der Waals surface area contributed by atoms with Crippen LogP contribution in [0.3, 0.4) is 0 Å². The fourth-order valence-electron chi connectivity index (χ4n) is 10.4. The molecule has 3 heteroatoms. The van der Waals surface area contributed by atoms with Gasteiger partial charge in [-0.25, -0.2) is 9.97 Å². The van der Waals surface area contributed by atoms with Crippen molar-refractivity contribution in [2.75, 3.05) is 0 Å². The zero-order chi connectivity index (χ0) is 39.4. The van der Waals surface area contributed by atoms with Crippen molar-refractivity contribution < 1.29 is 4.42 Å². The largest absolute Gasteiger partial charge is 0.456 e. The first-order valence-electron chi connectivity index (χ1n) is 20.6. The molecule has 0 aliphatic heterocycles. The Morgan fingerprint density at radius 1 is 0.350 bits per heavy atom. The second-order valence-electron chi connectivity index (χ2n) is 16.0. The highest BCUT2D eigenvalue weighted by Crippen LogP contribution is 2.64. The van der Waals surface area contributed by atoms with E-state index in [0.717, 1.165) is 60.8 Å². The lowest BCUT2D eigenvalue weighted by Gasteiger charge is -2.30. The number of aromatic nitrogens is 2. The van der Waals surface area contributed by atoms with Crippen molar-refractivity contribution in [1.82, 2.24) is 9.97 Å². The molecular formula is C57H34N2O. The van der Waals surface area contributed by atoms with Gasteiger partial charge in [-0.1, -0.05) is 182 Å². The Morgan fingerprint density at radius 3 is 1.68 bits per heavy atom. The van der Waals surface area contributed by atoms with Crippen molar-refractivity contribution in [1.29, 1.82) is 0 Å². The summed E-state index contributed by atoms with van der Waals surface area (Å²) in [6.07, 6.45) is 0. The Morgan fingerprint density at radius 2 is 0.900 bits per heavy atom. The number of furan rings is 1. The summed E-state index contributed by atoms with van der Waals surface area (Å²) in [5, 5.41) is 3.08. The molecule has 1 spiro atoms. The second-order valence-corrected chi connectivity index (χ2v) is 16.0. The fourth-order valence-corrected chi connectivity index (χ4v) is 10.4. The summed E-state index contributed by atoms with van der Waals surface area (Å²) in [6, 6.07) is 74.3. The molecule has 0 saturated heterocycles. The van der Waals surface area contributed by atoms with Crippen LogP contribution in [0.2, 0.25) is 0 Å². The standard InChI is InChI=1S/C57H34N2O/c1-2-14-35(15-3-1)36-28-30-37(31-29-36)55-45-34-38(32-33-50(45)58-56(59-55)44-21-13-27-52-54(44)43-19-7-11-26-51(43)60-52)39-20-12-25-49-53(39)42-18-6-10-24-48(42)57(49)46-22-8-4-16-40(46)41-17-5-9-23-47(41)57/h1-34H. The molecule has 2 aliphatic rings. The van der Waals surface area contributed by atoms with Crippen LogP contribution in [-0.4, -0.2) is 9.97 Å². The molecule has 0 fully saturated rings. The maximum Gasteiger partial charge on any atom is 0.161 e. The van der Waals surface area contributed by atoms with Gasteiger partial charge in [0.05, 0.1) is 16.6 Å². The predicted octanol–water partition coefficient (Wildman–Crippen LogP) is 14.5. The number of benzene rings is 9. The summed E-state index contributed by atoms with van der Waals surface area (Å²) in [6.45, 7) is 0. The van der Waals surface area contributed by atoms with E-state index in [2.05, 4.69) is 182 Å². The zero-order valence-electron chi connectivity index (χ0n) is 32.4. The third-order valence-corrected chi connectivity index (χ3v) is 12.9. The lowest BCUT2D eigenvalue weighted by Crippen LogP contribution is -2.25. The Labute approximate surface area is 346 Å². The van der Waals surface area contributed by atoms with Crippen LogP contribution in [0.5, 0.6) is 0 Å². The molecule has 0 radical (unpaired) electrons. The molecule has 3 nitrogen and oxygen atoms in total. The first-order valence-corrected chi connectivity index (χ1v) is 20.6. The van der Waals surface area contributed by atoms with Gasteiger partial charge in [0.1, 0.15) is 11.2 Å². The summed E-state index contributed by atoms with van der Waals surface area (Å²) in [5.74, 6) is 0.671. The number of para-hydroxylation sites is 1. The van der Waals surface area contributed by atoms with Gasteiger partial charge in [0.15, 0.2) is 5.82 Å². The van der Waals surface area contributed by atoms with E-state index in [4.69, 9.17) is 14.4 Å². The number of hydrogen-bond acceptors (Lipinski definition) is 3. The summed E-state index contributed by atoms with van der Waals surface area (Å²) in [4.78, 5) is 10.8. The molecule has 2 aromatic heterocycles. The SMILES string of the molecule is c1ccc(-c2ccc(-c3nc(-c4cccc5oc6ccccc6c45)nc4ccc(-c5cccc6c5-c5ccccc5C65c6ccccc6-c6ccccc65)cc34)cc2)cc1. The third-order valence-electron chi connectivity index (χ3n) is 12.9. The number of fused-ring (bicyclic) bond motifs is 14. The van der Waals surface area contributed by atoms with E-state index >= 15 is 0 Å². The minimum absolute atomic E-state index is 0.409. The van der Waals surface area contributed by atoms with Crippen LogP contribution >= 0.6 is 0 Å². The summed E-state index contributed by atoms with van der Waals surface area (Å²) in [5.41, 5.74) is 20.2. The molecule has 13 rings (SSSR count). The molecule has 0 N–H and O–H groups in total. The van der Waals surface area contributed by atoms with Gasteiger partial charge in [0, 0.05) is 27.3 Å². The average molecular weight is 763 g/mol. The van der Waals surface area contributed by atoms with E-state index in [1.807, 2.05) is 24.3 Å². The summed E-state index contributed by atoms with van der Waals surface area (Å²) >= 11 is 0. The highest BCUT2D eigenvalue weighted by molar-refractivity contribution is 6.12. The van der Waals surface area contributed by atoms with E-state index < -0.39 is 5.41 Å². The Hall–Kier alpha value is -7.88. The molecule has 2 aliphatic carbocycles. The Bertz CT molecular complexity index is 3500. The van der Waals surface area contributed by atoms with Gasteiger partial charge in [-0.15, -0.1) is 0 Å². The van der Waals surface area contributed by atoms with Crippen molar-refractivity contribution in [3.63, 3.8) is 0 Å². The molecule has 0 amide bonds. The topological polar surface area (TPSA) is 38.9 Å². The first-order chi connectivity index (χ1) is 29.8. The fraction of sp³-hybridized carbons (Fsp3) is 0.0175.